The molecule has 2 heterocycles. The van der Waals surface area contributed by atoms with Crippen molar-refractivity contribution in [2.75, 3.05) is 13.7 Å². The Morgan fingerprint density at radius 2 is 2.14 bits per heavy atom. The van der Waals surface area contributed by atoms with E-state index in [-0.39, 0.29) is 0 Å². The van der Waals surface area contributed by atoms with Gasteiger partial charge >= 0.3 is 0 Å². The third kappa shape index (κ3) is 3.30. The Balaban J connectivity index is 1.78. The fourth-order valence-corrected chi connectivity index (χ4v) is 3.08. The van der Waals surface area contributed by atoms with Crippen molar-refractivity contribution in [2.24, 2.45) is 0 Å². The van der Waals surface area contributed by atoms with E-state index in [1.807, 2.05) is 13.0 Å². The summed E-state index contributed by atoms with van der Waals surface area (Å²) in [5, 5.41) is 8.22. The van der Waals surface area contributed by atoms with Crippen LogP contribution < -0.4 is 4.74 Å². The fourth-order valence-electron chi connectivity index (χ4n) is 3.08. The second-order valence-electron chi connectivity index (χ2n) is 5.70. The van der Waals surface area contributed by atoms with E-state index in [1.165, 1.54) is 18.4 Å². The molecule has 0 N–H and O–H groups in total. The van der Waals surface area contributed by atoms with Crippen LogP contribution in [0.3, 0.4) is 0 Å². The molecule has 0 bridgehead atoms. The minimum atomic E-state index is 0.390. The van der Waals surface area contributed by atoms with Gasteiger partial charge in [0.2, 0.25) is 11.8 Å². The molecule has 1 aliphatic heterocycles. The van der Waals surface area contributed by atoms with Gasteiger partial charge in [0.05, 0.1) is 13.7 Å². The number of piperidine rings is 1. The highest BCUT2D eigenvalue weighted by molar-refractivity contribution is 5.30. The van der Waals surface area contributed by atoms with Crippen LogP contribution in [0.5, 0.6) is 5.75 Å². The number of methoxy groups -OCH3 is 1. The molecule has 0 saturated carbocycles. The van der Waals surface area contributed by atoms with Crippen molar-refractivity contribution in [1.82, 2.24) is 15.1 Å². The molecule has 118 valence electrons. The average molecular weight is 301 g/mol. The van der Waals surface area contributed by atoms with E-state index >= 15 is 0 Å². The van der Waals surface area contributed by atoms with Crippen molar-refractivity contribution in [1.29, 1.82) is 0 Å². The first-order valence-corrected chi connectivity index (χ1v) is 7.99. The molecule has 0 spiro atoms. The molecule has 2 aromatic rings. The van der Waals surface area contributed by atoms with Gasteiger partial charge in [0, 0.05) is 12.5 Å². The van der Waals surface area contributed by atoms with Gasteiger partial charge < -0.3 is 9.15 Å². The molecular weight excluding hydrogens is 278 g/mol. The third-order valence-electron chi connectivity index (χ3n) is 4.24. The SMILES string of the molecule is CCc1nnc(CN2CCCC[C@H]2c2cccc(OC)c2)o1. The molecule has 1 aliphatic rings. The monoisotopic (exact) mass is 301 g/mol. The van der Waals surface area contributed by atoms with E-state index in [0.29, 0.717) is 17.8 Å². The highest BCUT2D eigenvalue weighted by Crippen LogP contribution is 2.33. The van der Waals surface area contributed by atoms with E-state index in [9.17, 15) is 0 Å². The van der Waals surface area contributed by atoms with Crippen molar-refractivity contribution in [3.8, 4) is 5.75 Å². The number of nitrogens with zero attached hydrogens (tertiary/aromatic N) is 3. The van der Waals surface area contributed by atoms with Crippen LogP contribution in [0.25, 0.3) is 0 Å². The Bertz CT molecular complexity index is 611. The standard InChI is InChI=1S/C17H23N3O2/c1-3-16-18-19-17(22-16)12-20-10-5-4-9-15(20)13-7-6-8-14(11-13)21-2/h6-8,11,15H,3-5,9-10,12H2,1-2H3/t15-/m0/s1. The van der Waals surface area contributed by atoms with Crippen LogP contribution in [-0.2, 0) is 13.0 Å². The summed E-state index contributed by atoms with van der Waals surface area (Å²) in [4.78, 5) is 2.44. The Morgan fingerprint density at radius 3 is 2.91 bits per heavy atom. The molecule has 0 unspecified atom stereocenters. The molecule has 0 aliphatic carbocycles. The van der Waals surface area contributed by atoms with E-state index in [2.05, 4.69) is 33.3 Å². The molecule has 1 aromatic carbocycles. The third-order valence-corrected chi connectivity index (χ3v) is 4.24. The number of benzene rings is 1. The first kappa shape index (κ1) is 15.0. The zero-order valence-corrected chi connectivity index (χ0v) is 13.3. The number of ether oxygens (including phenoxy) is 1. The summed E-state index contributed by atoms with van der Waals surface area (Å²) in [7, 11) is 1.71. The van der Waals surface area contributed by atoms with Gasteiger partial charge in [-0.2, -0.15) is 0 Å². The normalized spacial score (nSPS) is 19.3. The van der Waals surface area contributed by atoms with Crippen molar-refractivity contribution in [3.05, 3.63) is 41.6 Å². The lowest BCUT2D eigenvalue weighted by Crippen LogP contribution is -2.33. The highest BCUT2D eigenvalue weighted by atomic mass is 16.5. The van der Waals surface area contributed by atoms with Crippen LogP contribution in [-0.4, -0.2) is 28.8 Å². The smallest absolute Gasteiger partial charge is 0.230 e. The molecule has 1 atom stereocenters. The van der Waals surface area contributed by atoms with Crippen molar-refractivity contribution < 1.29 is 9.15 Å². The molecular formula is C17H23N3O2. The maximum atomic E-state index is 5.68. The van der Waals surface area contributed by atoms with Gasteiger partial charge in [-0.15, -0.1) is 10.2 Å². The van der Waals surface area contributed by atoms with Gasteiger partial charge in [-0.25, -0.2) is 0 Å². The van der Waals surface area contributed by atoms with Crippen molar-refractivity contribution >= 4 is 0 Å². The predicted molar refractivity (Wildman–Crippen MR) is 83.7 cm³/mol. The number of aromatic nitrogens is 2. The fraction of sp³-hybridized carbons (Fsp3) is 0.529. The van der Waals surface area contributed by atoms with Crippen molar-refractivity contribution in [2.45, 2.75) is 45.2 Å². The number of hydrogen-bond acceptors (Lipinski definition) is 5. The zero-order chi connectivity index (χ0) is 15.4. The van der Waals surface area contributed by atoms with Crippen LogP contribution in [0.2, 0.25) is 0 Å². The molecule has 5 heteroatoms. The minimum absolute atomic E-state index is 0.390. The van der Waals surface area contributed by atoms with Crippen LogP contribution >= 0.6 is 0 Å². The van der Waals surface area contributed by atoms with E-state index in [0.717, 1.165) is 31.7 Å². The number of likely N-dealkylation sites (tertiary alicyclic amines) is 1. The Hall–Kier alpha value is -1.88. The highest BCUT2D eigenvalue weighted by Gasteiger charge is 2.25. The Kier molecular flexibility index (Phi) is 4.73. The predicted octanol–water partition coefficient (Wildman–Crippen LogP) is 3.37. The van der Waals surface area contributed by atoms with E-state index in [1.54, 1.807) is 7.11 Å². The number of hydrogen-bond donors (Lipinski definition) is 0. The van der Waals surface area contributed by atoms with Gasteiger partial charge in [0.1, 0.15) is 5.75 Å². The summed E-state index contributed by atoms with van der Waals surface area (Å²) >= 11 is 0. The van der Waals surface area contributed by atoms with Gasteiger partial charge in [-0.3, -0.25) is 4.90 Å². The summed E-state index contributed by atoms with van der Waals surface area (Å²) < 4.78 is 11.0. The summed E-state index contributed by atoms with van der Waals surface area (Å²) in [6, 6.07) is 8.75. The van der Waals surface area contributed by atoms with Gasteiger partial charge in [-0.05, 0) is 37.1 Å². The topological polar surface area (TPSA) is 51.4 Å². The molecule has 22 heavy (non-hydrogen) atoms. The quantitative estimate of drug-likeness (QED) is 0.847. The molecule has 1 saturated heterocycles. The Labute approximate surface area is 131 Å². The first-order valence-electron chi connectivity index (χ1n) is 7.99. The lowest BCUT2D eigenvalue weighted by Gasteiger charge is -2.35. The van der Waals surface area contributed by atoms with Crippen LogP contribution in [0, 0.1) is 0 Å². The summed E-state index contributed by atoms with van der Waals surface area (Å²) in [5.74, 6) is 2.34. The zero-order valence-electron chi connectivity index (χ0n) is 13.3. The van der Waals surface area contributed by atoms with Crippen LogP contribution in [0.15, 0.2) is 28.7 Å². The second kappa shape index (κ2) is 6.92. The van der Waals surface area contributed by atoms with Crippen LogP contribution in [0.1, 0.15) is 49.6 Å². The second-order valence-corrected chi connectivity index (χ2v) is 5.70. The lowest BCUT2D eigenvalue weighted by atomic mass is 9.95. The number of aryl methyl sites for hydroxylation is 1. The largest absolute Gasteiger partial charge is 0.497 e. The molecule has 5 nitrogen and oxygen atoms in total. The average Bonchev–Trinajstić information content (AvgIpc) is 3.03. The van der Waals surface area contributed by atoms with E-state index in [4.69, 9.17) is 9.15 Å². The molecule has 0 radical (unpaired) electrons. The lowest BCUT2D eigenvalue weighted by molar-refractivity contribution is 0.127. The summed E-state index contributed by atoms with van der Waals surface area (Å²) in [5.41, 5.74) is 1.30. The molecule has 1 aromatic heterocycles. The Morgan fingerprint density at radius 1 is 1.27 bits per heavy atom. The van der Waals surface area contributed by atoms with Gasteiger partial charge in [0.25, 0.3) is 0 Å². The van der Waals surface area contributed by atoms with Crippen LogP contribution in [0.4, 0.5) is 0 Å². The van der Waals surface area contributed by atoms with Gasteiger partial charge in [-0.1, -0.05) is 25.5 Å². The van der Waals surface area contributed by atoms with E-state index < -0.39 is 0 Å². The maximum Gasteiger partial charge on any atom is 0.230 e. The maximum absolute atomic E-state index is 5.68. The number of rotatable bonds is 5. The molecule has 3 rings (SSSR count). The first-order chi connectivity index (χ1) is 10.8. The van der Waals surface area contributed by atoms with Gasteiger partial charge in [0.15, 0.2) is 0 Å². The minimum Gasteiger partial charge on any atom is -0.497 e. The summed E-state index contributed by atoms with van der Waals surface area (Å²) in [6.07, 6.45) is 4.41. The summed E-state index contributed by atoms with van der Waals surface area (Å²) in [6.45, 7) is 3.80. The molecule has 0 amide bonds. The molecule has 1 fully saturated rings. The van der Waals surface area contributed by atoms with Crippen molar-refractivity contribution in [3.63, 3.8) is 0 Å².